The lowest BCUT2D eigenvalue weighted by Gasteiger charge is -2.35. The van der Waals surface area contributed by atoms with Crippen molar-refractivity contribution in [3.8, 4) is 5.75 Å². The Morgan fingerprint density at radius 1 is 1.04 bits per heavy atom. The van der Waals surface area contributed by atoms with Gasteiger partial charge in [-0.3, -0.25) is 0 Å². The normalized spacial score (nSPS) is 16.0. The highest BCUT2D eigenvalue weighted by molar-refractivity contribution is 7.89. The van der Waals surface area contributed by atoms with E-state index < -0.39 is 10.0 Å². The molecule has 3 rings (SSSR count). The van der Waals surface area contributed by atoms with E-state index in [0.717, 1.165) is 17.0 Å². The molecule has 1 saturated heterocycles. The molecule has 2 aromatic carbocycles. The van der Waals surface area contributed by atoms with Gasteiger partial charge in [0.1, 0.15) is 5.75 Å². The molecule has 0 saturated carbocycles. The first kappa shape index (κ1) is 18.0. The van der Waals surface area contributed by atoms with Crippen LogP contribution in [0.15, 0.2) is 47.4 Å². The molecule has 5 nitrogen and oxygen atoms in total. The van der Waals surface area contributed by atoms with Crippen molar-refractivity contribution >= 4 is 27.3 Å². The summed E-state index contributed by atoms with van der Waals surface area (Å²) in [5.41, 5.74) is 1.80. The first-order valence-electron chi connectivity index (χ1n) is 8.07. The number of anilines is 1. The quantitative estimate of drug-likeness (QED) is 0.817. The predicted octanol–water partition coefficient (Wildman–Crippen LogP) is 3.17. The number of sulfonamides is 1. The Morgan fingerprint density at radius 2 is 1.76 bits per heavy atom. The molecule has 0 N–H and O–H groups in total. The summed E-state index contributed by atoms with van der Waals surface area (Å²) < 4.78 is 32.5. The SMILES string of the molecule is COc1cccc(N2CCN(S(=O)(=O)c3ccc(Cl)c(C)c3)CC2)c1. The van der Waals surface area contributed by atoms with E-state index in [-0.39, 0.29) is 0 Å². The first-order chi connectivity index (χ1) is 11.9. The molecule has 0 radical (unpaired) electrons. The Balaban J connectivity index is 1.73. The van der Waals surface area contributed by atoms with Crippen molar-refractivity contribution in [1.82, 2.24) is 4.31 Å². The van der Waals surface area contributed by atoms with Gasteiger partial charge in [0.15, 0.2) is 0 Å². The molecular formula is C18H21ClN2O3S. The Hall–Kier alpha value is -1.76. The maximum Gasteiger partial charge on any atom is 0.243 e. The van der Waals surface area contributed by atoms with E-state index in [0.29, 0.717) is 36.1 Å². The molecule has 25 heavy (non-hydrogen) atoms. The summed E-state index contributed by atoms with van der Waals surface area (Å²) >= 11 is 6.00. The summed E-state index contributed by atoms with van der Waals surface area (Å²) in [5.74, 6) is 0.796. The summed E-state index contributed by atoms with van der Waals surface area (Å²) in [6.07, 6.45) is 0. The summed E-state index contributed by atoms with van der Waals surface area (Å²) in [7, 11) is -1.86. The van der Waals surface area contributed by atoms with Crippen molar-refractivity contribution in [3.63, 3.8) is 0 Å². The van der Waals surface area contributed by atoms with Crippen LogP contribution in [0.3, 0.4) is 0 Å². The van der Waals surface area contributed by atoms with E-state index in [2.05, 4.69) is 4.90 Å². The van der Waals surface area contributed by atoms with Crippen LogP contribution in [0, 0.1) is 6.92 Å². The van der Waals surface area contributed by atoms with E-state index >= 15 is 0 Å². The molecule has 0 bridgehead atoms. The average molecular weight is 381 g/mol. The number of aryl methyl sites for hydroxylation is 1. The minimum absolute atomic E-state index is 0.296. The number of piperazine rings is 1. The topological polar surface area (TPSA) is 49.9 Å². The number of benzene rings is 2. The fourth-order valence-corrected chi connectivity index (χ4v) is 4.55. The maximum absolute atomic E-state index is 12.8. The number of methoxy groups -OCH3 is 1. The highest BCUT2D eigenvalue weighted by atomic mass is 35.5. The van der Waals surface area contributed by atoms with Gasteiger partial charge in [-0.05, 0) is 42.8 Å². The maximum atomic E-state index is 12.8. The summed E-state index contributed by atoms with van der Waals surface area (Å²) in [4.78, 5) is 2.46. The Bertz CT molecular complexity index is 862. The number of rotatable bonds is 4. The highest BCUT2D eigenvalue weighted by Crippen LogP contribution is 2.26. The van der Waals surface area contributed by atoms with Gasteiger partial charge in [-0.15, -0.1) is 0 Å². The van der Waals surface area contributed by atoms with Crippen molar-refractivity contribution in [2.24, 2.45) is 0 Å². The molecule has 1 aliphatic rings. The minimum atomic E-state index is -3.50. The van der Waals surface area contributed by atoms with Crippen LogP contribution in [0.2, 0.25) is 5.02 Å². The molecule has 1 aliphatic heterocycles. The zero-order valence-electron chi connectivity index (χ0n) is 14.3. The van der Waals surface area contributed by atoms with Crippen LogP contribution in [-0.4, -0.2) is 46.0 Å². The van der Waals surface area contributed by atoms with E-state index in [1.165, 1.54) is 4.31 Å². The largest absolute Gasteiger partial charge is 0.497 e. The van der Waals surface area contributed by atoms with Crippen LogP contribution in [0.4, 0.5) is 5.69 Å². The fraction of sp³-hybridized carbons (Fsp3) is 0.333. The molecule has 0 aromatic heterocycles. The highest BCUT2D eigenvalue weighted by Gasteiger charge is 2.28. The zero-order valence-corrected chi connectivity index (χ0v) is 15.8. The second-order valence-electron chi connectivity index (χ2n) is 6.00. The van der Waals surface area contributed by atoms with Gasteiger partial charge >= 0.3 is 0 Å². The van der Waals surface area contributed by atoms with Crippen LogP contribution < -0.4 is 9.64 Å². The Morgan fingerprint density at radius 3 is 2.40 bits per heavy atom. The smallest absolute Gasteiger partial charge is 0.243 e. The van der Waals surface area contributed by atoms with Crippen LogP contribution in [-0.2, 0) is 10.0 Å². The van der Waals surface area contributed by atoms with E-state index in [9.17, 15) is 8.42 Å². The average Bonchev–Trinajstić information content (AvgIpc) is 2.64. The van der Waals surface area contributed by atoms with Crippen molar-refractivity contribution in [2.45, 2.75) is 11.8 Å². The fourth-order valence-electron chi connectivity index (χ4n) is 2.92. The molecule has 0 aliphatic carbocycles. The molecule has 0 unspecified atom stereocenters. The van der Waals surface area contributed by atoms with E-state index in [1.807, 2.05) is 31.2 Å². The summed E-state index contributed by atoms with van der Waals surface area (Å²) in [6, 6.07) is 12.6. The number of halogens is 1. The molecule has 1 heterocycles. The summed E-state index contributed by atoms with van der Waals surface area (Å²) in [6.45, 7) is 3.97. The van der Waals surface area contributed by atoms with Gasteiger partial charge < -0.3 is 9.64 Å². The zero-order chi connectivity index (χ0) is 18.0. The lowest BCUT2D eigenvalue weighted by atomic mass is 10.2. The second-order valence-corrected chi connectivity index (χ2v) is 8.35. The van der Waals surface area contributed by atoms with Crippen molar-refractivity contribution < 1.29 is 13.2 Å². The number of ether oxygens (including phenoxy) is 1. The molecule has 134 valence electrons. The molecule has 0 atom stereocenters. The number of hydrogen-bond donors (Lipinski definition) is 0. The van der Waals surface area contributed by atoms with Crippen LogP contribution in [0.5, 0.6) is 5.75 Å². The van der Waals surface area contributed by atoms with Gasteiger partial charge in [-0.2, -0.15) is 4.31 Å². The van der Waals surface area contributed by atoms with Gasteiger partial charge in [0.2, 0.25) is 10.0 Å². The van der Waals surface area contributed by atoms with Crippen LogP contribution >= 0.6 is 11.6 Å². The monoisotopic (exact) mass is 380 g/mol. The number of hydrogen-bond acceptors (Lipinski definition) is 4. The third-order valence-corrected chi connectivity index (χ3v) is 6.74. The van der Waals surface area contributed by atoms with Crippen LogP contribution in [0.1, 0.15) is 5.56 Å². The molecular weight excluding hydrogens is 360 g/mol. The standard InChI is InChI=1S/C18H21ClN2O3S/c1-14-12-17(6-7-18(14)19)25(22,23)21-10-8-20(9-11-21)15-4-3-5-16(13-15)24-2/h3-7,12-13H,8-11H2,1-2H3. The lowest BCUT2D eigenvalue weighted by molar-refractivity contribution is 0.384. The van der Waals surface area contributed by atoms with Gasteiger partial charge in [0, 0.05) is 43.0 Å². The molecule has 0 amide bonds. The van der Waals surface area contributed by atoms with Crippen molar-refractivity contribution in [2.75, 3.05) is 38.2 Å². The molecule has 7 heteroatoms. The Labute approximate surface area is 153 Å². The van der Waals surface area contributed by atoms with Gasteiger partial charge in [-0.1, -0.05) is 17.7 Å². The van der Waals surface area contributed by atoms with Gasteiger partial charge in [0.05, 0.1) is 12.0 Å². The summed E-state index contributed by atoms with van der Waals surface area (Å²) in [5, 5.41) is 0.571. The lowest BCUT2D eigenvalue weighted by Crippen LogP contribution is -2.48. The Kier molecular flexibility index (Phi) is 5.22. The third-order valence-electron chi connectivity index (χ3n) is 4.42. The van der Waals surface area contributed by atoms with Gasteiger partial charge in [0.25, 0.3) is 0 Å². The third kappa shape index (κ3) is 3.76. The van der Waals surface area contributed by atoms with Crippen molar-refractivity contribution in [3.05, 3.63) is 53.1 Å². The second kappa shape index (κ2) is 7.23. The predicted molar refractivity (Wildman–Crippen MR) is 100 cm³/mol. The molecule has 1 fully saturated rings. The molecule has 0 spiro atoms. The van der Waals surface area contributed by atoms with Crippen molar-refractivity contribution in [1.29, 1.82) is 0 Å². The molecule has 2 aromatic rings. The van der Waals surface area contributed by atoms with Gasteiger partial charge in [-0.25, -0.2) is 8.42 Å². The first-order valence-corrected chi connectivity index (χ1v) is 9.89. The van der Waals surface area contributed by atoms with E-state index in [1.54, 1.807) is 25.3 Å². The van der Waals surface area contributed by atoms with E-state index in [4.69, 9.17) is 16.3 Å². The number of nitrogens with zero attached hydrogens (tertiary/aromatic N) is 2. The van der Waals surface area contributed by atoms with Crippen LogP contribution in [0.25, 0.3) is 0 Å². The minimum Gasteiger partial charge on any atom is -0.497 e.